The van der Waals surface area contributed by atoms with E-state index in [9.17, 15) is 4.79 Å². The Bertz CT molecular complexity index is 388. The number of ether oxygens (including phenoxy) is 1. The van der Waals surface area contributed by atoms with Crippen molar-refractivity contribution in [1.29, 1.82) is 0 Å². The Labute approximate surface area is 101 Å². The van der Waals surface area contributed by atoms with Crippen LogP contribution in [-0.4, -0.2) is 18.6 Å². The number of hydrogen-bond acceptors (Lipinski definition) is 2. The maximum absolute atomic E-state index is 11.0. The molecular formula is C14H17NO2. The van der Waals surface area contributed by atoms with Crippen LogP contribution in [0.5, 0.6) is 0 Å². The number of carbonyl (C=O) groups excluding carboxylic acids is 1. The molecule has 0 aliphatic carbocycles. The molecule has 0 unspecified atom stereocenters. The van der Waals surface area contributed by atoms with Gasteiger partial charge in [-0.15, -0.1) is 0 Å². The zero-order valence-corrected chi connectivity index (χ0v) is 9.76. The number of benzene rings is 1. The second-order valence-electron chi connectivity index (χ2n) is 4.18. The van der Waals surface area contributed by atoms with E-state index in [0.717, 1.165) is 12.8 Å². The lowest BCUT2D eigenvalue weighted by Crippen LogP contribution is -2.30. The van der Waals surface area contributed by atoms with Crippen LogP contribution < -0.4 is 5.32 Å². The summed E-state index contributed by atoms with van der Waals surface area (Å²) in [5, 5.41) is 2.76. The fourth-order valence-corrected chi connectivity index (χ4v) is 2.06. The molecule has 1 aliphatic heterocycles. The molecule has 0 aromatic heterocycles. The molecule has 1 amide bonds. The Balaban J connectivity index is 1.84. The lowest BCUT2D eigenvalue weighted by atomic mass is 10.1. The summed E-state index contributed by atoms with van der Waals surface area (Å²) in [5.41, 5.74) is 1.21. The molecule has 17 heavy (non-hydrogen) atoms. The predicted molar refractivity (Wildman–Crippen MR) is 66.5 cm³/mol. The molecule has 0 radical (unpaired) electrons. The van der Waals surface area contributed by atoms with Crippen molar-refractivity contribution in [2.24, 2.45) is 0 Å². The fraction of sp³-hybridized carbons (Fsp3) is 0.357. The quantitative estimate of drug-likeness (QED) is 0.807. The van der Waals surface area contributed by atoms with Crippen LogP contribution >= 0.6 is 0 Å². The molecule has 1 saturated heterocycles. The van der Waals surface area contributed by atoms with Crippen LogP contribution in [0.25, 0.3) is 0 Å². The van der Waals surface area contributed by atoms with Gasteiger partial charge >= 0.3 is 0 Å². The van der Waals surface area contributed by atoms with Gasteiger partial charge in [-0.2, -0.15) is 0 Å². The molecule has 0 saturated carbocycles. The second-order valence-corrected chi connectivity index (χ2v) is 4.18. The second kappa shape index (κ2) is 5.64. The van der Waals surface area contributed by atoms with Gasteiger partial charge in [0.1, 0.15) is 0 Å². The molecule has 3 heteroatoms. The van der Waals surface area contributed by atoms with Gasteiger partial charge in [-0.05, 0) is 24.5 Å². The summed E-state index contributed by atoms with van der Waals surface area (Å²) in [6.45, 7) is 3.98. The van der Waals surface area contributed by atoms with Crippen LogP contribution in [0.3, 0.4) is 0 Å². The molecule has 2 atom stereocenters. The van der Waals surface area contributed by atoms with Gasteiger partial charge in [-0.1, -0.05) is 36.9 Å². The smallest absolute Gasteiger partial charge is 0.243 e. The van der Waals surface area contributed by atoms with E-state index >= 15 is 0 Å². The van der Waals surface area contributed by atoms with Gasteiger partial charge < -0.3 is 10.1 Å². The molecule has 3 nitrogen and oxygen atoms in total. The van der Waals surface area contributed by atoms with Crippen LogP contribution in [0.2, 0.25) is 0 Å². The summed E-state index contributed by atoms with van der Waals surface area (Å²) in [6.07, 6.45) is 3.56. The minimum Gasteiger partial charge on any atom is -0.368 e. The Morgan fingerprint density at radius 1 is 1.41 bits per heavy atom. The van der Waals surface area contributed by atoms with E-state index in [0.29, 0.717) is 6.54 Å². The minimum absolute atomic E-state index is 0.115. The Morgan fingerprint density at radius 3 is 2.88 bits per heavy atom. The van der Waals surface area contributed by atoms with Gasteiger partial charge in [0.15, 0.2) is 0 Å². The molecule has 90 valence electrons. The van der Waals surface area contributed by atoms with E-state index in [4.69, 9.17) is 4.74 Å². The maximum atomic E-state index is 11.0. The summed E-state index contributed by atoms with van der Waals surface area (Å²) in [4.78, 5) is 11.0. The van der Waals surface area contributed by atoms with Crippen molar-refractivity contribution in [2.45, 2.75) is 25.0 Å². The number of amides is 1. The van der Waals surface area contributed by atoms with Crippen LogP contribution in [0, 0.1) is 0 Å². The fourth-order valence-electron chi connectivity index (χ4n) is 2.06. The summed E-state index contributed by atoms with van der Waals surface area (Å²) in [7, 11) is 0. The van der Waals surface area contributed by atoms with Crippen molar-refractivity contribution < 1.29 is 9.53 Å². The SMILES string of the molecule is C=CC(=O)NC[C@H]1CC[C@@H](c2ccccc2)O1. The third-order valence-electron chi connectivity index (χ3n) is 2.97. The van der Waals surface area contributed by atoms with Gasteiger partial charge in [-0.3, -0.25) is 4.79 Å². The number of hydrogen-bond donors (Lipinski definition) is 1. The van der Waals surface area contributed by atoms with E-state index in [-0.39, 0.29) is 18.1 Å². The molecule has 1 aromatic carbocycles. The van der Waals surface area contributed by atoms with Crippen LogP contribution in [-0.2, 0) is 9.53 Å². The summed E-state index contributed by atoms with van der Waals surface area (Å²) >= 11 is 0. The molecule has 1 heterocycles. The molecule has 1 N–H and O–H groups in total. The number of carbonyl (C=O) groups is 1. The van der Waals surface area contributed by atoms with Gasteiger partial charge in [0.25, 0.3) is 0 Å². The van der Waals surface area contributed by atoms with Crippen molar-refractivity contribution in [1.82, 2.24) is 5.32 Å². The average Bonchev–Trinajstić information content (AvgIpc) is 2.86. The Hall–Kier alpha value is -1.61. The maximum Gasteiger partial charge on any atom is 0.243 e. The highest BCUT2D eigenvalue weighted by Crippen LogP contribution is 2.32. The highest BCUT2D eigenvalue weighted by Gasteiger charge is 2.26. The zero-order valence-electron chi connectivity index (χ0n) is 9.76. The molecule has 0 spiro atoms. The average molecular weight is 231 g/mol. The lowest BCUT2D eigenvalue weighted by Gasteiger charge is -2.14. The first-order chi connectivity index (χ1) is 8.29. The minimum atomic E-state index is -0.142. The van der Waals surface area contributed by atoms with Gasteiger partial charge in [0, 0.05) is 6.54 Å². The summed E-state index contributed by atoms with van der Waals surface area (Å²) in [6, 6.07) is 10.2. The van der Waals surface area contributed by atoms with Crippen LogP contribution in [0.1, 0.15) is 24.5 Å². The van der Waals surface area contributed by atoms with Crippen molar-refractivity contribution in [2.75, 3.05) is 6.54 Å². The van der Waals surface area contributed by atoms with E-state index in [1.54, 1.807) is 0 Å². The molecule has 1 aromatic rings. The van der Waals surface area contributed by atoms with Crippen molar-refractivity contribution in [3.63, 3.8) is 0 Å². The van der Waals surface area contributed by atoms with Crippen molar-refractivity contribution >= 4 is 5.91 Å². The third-order valence-corrected chi connectivity index (χ3v) is 2.97. The molecule has 1 fully saturated rings. The zero-order chi connectivity index (χ0) is 12.1. The van der Waals surface area contributed by atoms with E-state index in [1.807, 2.05) is 18.2 Å². The highest BCUT2D eigenvalue weighted by atomic mass is 16.5. The lowest BCUT2D eigenvalue weighted by molar-refractivity contribution is -0.117. The van der Waals surface area contributed by atoms with Gasteiger partial charge in [0.2, 0.25) is 5.91 Å². The topological polar surface area (TPSA) is 38.3 Å². The molecular weight excluding hydrogens is 214 g/mol. The van der Waals surface area contributed by atoms with Crippen molar-refractivity contribution in [3.8, 4) is 0 Å². The molecule has 2 rings (SSSR count). The monoisotopic (exact) mass is 231 g/mol. The third kappa shape index (κ3) is 3.17. The van der Waals surface area contributed by atoms with Gasteiger partial charge in [-0.25, -0.2) is 0 Å². The Kier molecular flexibility index (Phi) is 3.94. The van der Waals surface area contributed by atoms with Crippen LogP contribution in [0.4, 0.5) is 0 Å². The number of rotatable bonds is 4. The first-order valence-corrected chi connectivity index (χ1v) is 5.90. The van der Waals surface area contributed by atoms with E-state index in [1.165, 1.54) is 11.6 Å². The Morgan fingerprint density at radius 2 is 2.18 bits per heavy atom. The first-order valence-electron chi connectivity index (χ1n) is 5.90. The summed E-state index contributed by atoms with van der Waals surface area (Å²) < 4.78 is 5.89. The van der Waals surface area contributed by atoms with E-state index < -0.39 is 0 Å². The first kappa shape index (κ1) is 11.9. The van der Waals surface area contributed by atoms with Gasteiger partial charge in [0.05, 0.1) is 12.2 Å². The molecule has 0 bridgehead atoms. The van der Waals surface area contributed by atoms with Crippen LogP contribution in [0.15, 0.2) is 43.0 Å². The highest BCUT2D eigenvalue weighted by molar-refractivity contribution is 5.86. The summed E-state index contributed by atoms with van der Waals surface area (Å²) in [5.74, 6) is -0.142. The number of nitrogens with one attached hydrogen (secondary N) is 1. The largest absolute Gasteiger partial charge is 0.368 e. The normalized spacial score (nSPS) is 23.3. The van der Waals surface area contributed by atoms with E-state index in [2.05, 4.69) is 24.0 Å². The predicted octanol–water partition coefficient (Wildman–Crippen LogP) is 2.21. The van der Waals surface area contributed by atoms with Crippen molar-refractivity contribution in [3.05, 3.63) is 48.6 Å². The standard InChI is InChI=1S/C14H17NO2/c1-2-14(16)15-10-12-8-9-13(17-12)11-6-4-3-5-7-11/h2-7,12-13H,1,8-10H2,(H,15,16)/t12-,13+/m1/s1. The molecule has 1 aliphatic rings.